The molecule has 1 aliphatic heterocycles. The first-order chi connectivity index (χ1) is 17.3. The number of rotatable bonds is 4. The molecule has 0 amide bonds. The molecule has 3 aromatic carbocycles. The SMILES string of the molecule is C#Cc1c(F)ccc2cc(O)cc(-c3ccc4c(N5CCC(P(C)C)CC5)nc(OC)nc4c3F)c12. The first kappa shape index (κ1) is 24.2. The van der Waals surface area contributed by atoms with Crippen molar-refractivity contribution in [2.75, 3.05) is 38.4 Å². The molecule has 36 heavy (non-hydrogen) atoms. The molecule has 184 valence electrons. The molecule has 5 rings (SSSR count). The molecular formula is C28H26F2N3O2P. The lowest BCUT2D eigenvalue weighted by molar-refractivity contribution is 0.381. The zero-order valence-corrected chi connectivity index (χ0v) is 21.2. The predicted octanol–water partition coefficient (Wildman–Crippen LogP) is 6.13. The molecular weight excluding hydrogens is 479 g/mol. The van der Waals surface area contributed by atoms with Crippen LogP contribution in [0, 0.1) is 24.0 Å². The van der Waals surface area contributed by atoms with E-state index in [1.807, 2.05) is 0 Å². The fourth-order valence-electron chi connectivity index (χ4n) is 5.04. The summed E-state index contributed by atoms with van der Waals surface area (Å²) in [7, 11) is 1.43. The van der Waals surface area contributed by atoms with Crippen LogP contribution in [0.15, 0.2) is 36.4 Å². The summed E-state index contributed by atoms with van der Waals surface area (Å²) in [5, 5.41) is 11.8. The summed E-state index contributed by atoms with van der Waals surface area (Å²) in [6, 6.07) is 9.07. The largest absolute Gasteiger partial charge is 0.508 e. The number of benzene rings is 3. The second kappa shape index (κ2) is 9.52. The highest BCUT2D eigenvalue weighted by Gasteiger charge is 2.26. The molecule has 1 aliphatic rings. The van der Waals surface area contributed by atoms with E-state index in [1.165, 1.54) is 31.4 Å². The molecule has 1 N–H and O–H groups in total. The van der Waals surface area contributed by atoms with Gasteiger partial charge < -0.3 is 14.7 Å². The molecule has 0 unspecified atom stereocenters. The van der Waals surface area contributed by atoms with Crippen LogP contribution in [0.25, 0.3) is 32.8 Å². The quantitative estimate of drug-likeness (QED) is 0.267. The topological polar surface area (TPSA) is 58.5 Å². The van der Waals surface area contributed by atoms with Crippen LogP contribution in [0.4, 0.5) is 14.6 Å². The van der Waals surface area contributed by atoms with Crippen LogP contribution in [-0.2, 0) is 0 Å². The number of phenolic OH excluding ortho intramolecular Hbond substituents is 1. The van der Waals surface area contributed by atoms with Gasteiger partial charge >= 0.3 is 6.01 Å². The van der Waals surface area contributed by atoms with E-state index in [2.05, 4.69) is 34.1 Å². The number of aromatic hydroxyl groups is 1. The zero-order chi connectivity index (χ0) is 25.6. The third-order valence-corrected chi connectivity index (χ3v) is 8.91. The van der Waals surface area contributed by atoms with Crippen LogP contribution in [0.5, 0.6) is 11.8 Å². The molecule has 0 radical (unpaired) electrons. The van der Waals surface area contributed by atoms with E-state index in [0.29, 0.717) is 27.6 Å². The van der Waals surface area contributed by atoms with Crippen molar-refractivity contribution in [1.29, 1.82) is 0 Å². The van der Waals surface area contributed by atoms with Crippen molar-refractivity contribution in [2.45, 2.75) is 18.5 Å². The van der Waals surface area contributed by atoms with Gasteiger partial charge in [0.05, 0.1) is 12.7 Å². The van der Waals surface area contributed by atoms with Gasteiger partial charge in [-0.1, -0.05) is 18.1 Å². The molecule has 0 bridgehead atoms. The van der Waals surface area contributed by atoms with Gasteiger partial charge in [0, 0.05) is 29.4 Å². The summed E-state index contributed by atoms with van der Waals surface area (Å²) in [4.78, 5) is 11.1. The Balaban J connectivity index is 1.71. The highest BCUT2D eigenvalue weighted by Crippen LogP contribution is 2.42. The number of hydrogen-bond acceptors (Lipinski definition) is 5. The van der Waals surface area contributed by atoms with Crippen LogP contribution < -0.4 is 9.64 Å². The summed E-state index contributed by atoms with van der Waals surface area (Å²) < 4.78 is 36.1. The lowest BCUT2D eigenvalue weighted by Crippen LogP contribution is -2.36. The Bertz CT molecular complexity index is 1530. The maximum absolute atomic E-state index is 16.2. The lowest BCUT2D eigenvalue weighted by atomic mass is 9.93. The standard InChI is InChI=1S/C28H26F2N3O2P/c1-5-19-23(29)9-6-16-14-17(34)15-22(24(16)19)20-7-8-21-26(25(20)30)31-28(35-2)32-27(21)33-12-10-18(11-13-33)36(3)4/h1,6-9,14-15,18,34H,10-13H2,2-4H3. The maximum Gasteiger partial charge on any atom is 0.318 e. The fraction of sp³-hybridized carbons (Fsp3) is 0.286. The van der Waals surface area contributed by atoms with E-state index in [4.69, 9.17) is 11.2 Å². The molecule has 0 spiro atoms. The first-order valence-corrected chi connectivity index (χ1v) is 14.0. The summed E-state index contributed by atoms with van der Waals surface area (Å²) in [5.41, 5.74) is 1.26. The smallest absolute Gasteiger partial charge is 0.318 e. The molecule has 1 aromatic heterocycles. The Kier molecular flexibility index (Phi) is 6.40. The van der Waals surface area contributed by atoms with E-state index >= 15 is 4.39 Å². The van der Waals surface area contributed by atoms with Crippen molar-refractivity contribution >= 4 is 35.4 Å². The second-order valence-electron chi connectivity index (χ2n) is 9.20. The molecule has 1 fully saturated rings. The predicted molar refractivity (Wildman–Crippen MR) is 143 cm³/mol. The minimum Gasteiger partial charge on any atom is -0.508 e. The zero-order valence-electron chi connectivity index (χ0n) is 20.3. The summed E-state index contributed by atoms with van der Waals surface area (Å²) in [5.74, 6) is 1.72. The van der Waals surface area contributed by atoms with Crippen LogP contribution in [0.2, 0.25) is 0 Å². The monoisotopic (exact) mass is 505 g/mol. The third kappa shape index (κ3) is 4.10. The Morgan fingerprint density at radius 2 is 1.83 bits per heavy atom. The van der Waals surface area contributed by atoms with E-state index in [-0.39, 0.29) is 41.9 Å². The van der Waals surface area contributed by atoms with Gasteiger partial charge in [-0.2, -0.15) is 9.97 Å². The van der Waals surface area contributed by atoms with E-state index in [9.17, 15) is 9.50 Å². The van der Waals surface area contributed by atoms with Gasteiger partial charge in [-0.05, 0) is 67.0 Å². The number of nitrogens with zero attached hydrogens (tertiary/aromatic N) is 3. The average Bonchev–Trinajstić information content (AvgIpc) is 2.88. The van der Waals surface area contributed by atoms with Crippen LogP contribution in [0.3, 0.4) is 0 Å². The number of terminal acetylenes is 1. The van der Waals surface area contributed by atoms with Crippen LogP contribution in [0.1, 0.15) is 18.4 Å². The molecule has 0 aliphatic carbocycles. The molecule has 2 heterocycles. The van der Waals surface area contributed by atoms with Gasteiger partial charge in [0.15, 0.2) is 5.82 Å². The van der Waals surface area contributed by atoms with Gasteiger partial charge in [-0.3, -0.25) is 0 Å². The summed E-state index contributed by atoms with van der Waals surface area (Å²) in [6.45, 7) is 6.26. The van der Waals surface area contributed by atoms with Gasteiger partial charge in [-0.15, -0.1) is 14.3 Å². The number of aromatic nitrogens is 2. The maximum atomic E-state index is 16.2. The molecule has 0 atom stereocenters. The lowest BCUT2D eigenvalue weighted by Gasteiger charge is -2.35. The number of piperidine rings is 1. The Labute approximate surface area is 209 Å². The number of anilines is 1. The molecule has 0 saturated carbocycles. The normalized spacial score (nSPS) is 14.5. The van der Waals surface area contributed by atoms with Crippen molar-refractivity contribution in [1.82, 2.24) is 9.97 Å². The Morgan fingerprint density at radius 1 is 1.08 bits per heavy atom. The van der Waals surface area contributed by atoms with E-state index in [0.717, 1.165) is 25.9 Å². The Hall–Kier alpha value is -3.49. The Morgan fingerprint density at radius 3 is 2.50 bits per heavy atom. The second-order valence-corrected chi connectivity index (χ2v) is 11.9. The van der Waals surface area contributed by atoms with Crippen LogP contribution >= 0.6 is 7.92 Å². The number of halogens is 2. The average molecular weight is 506 g/mol. The first-order valence-electron chi connectivity index (χ1n) is 11.7. The van der Waals surface area contributed by atoms with Crippen molar-refractivity contribution in [2.24, 2.45) is 0 Å². The molecule has 4 aromatic rings. The summed E-state index contributed by atoms with van der Waals surface area (Å²) in [6.07, 6.45) is 7.73. The number of methoxy groups -OCH3 is 1. The van der Waals surface area contributed by atoms with Gasteiger partial charge in [0.2, 0.25) is 0 Å². The van der Waals surface area contributed by atoms with Gasteiger partial charge in [0.1, 0.15) is 22.9 Å². The van der Waals surface area contributed by atoms with Crippen molar-refractivity contribution in [3.63, 3.8) is 0 Å². The van der Waals surface area contributed by atoms with Gasteiger partial charge in [-0.25, -0.2) is 8.78 Å². The fourth-order valence-corrected chi connectivity index (χ4v) is 6.30. The minimum atomic E-state index is -0.617. The van der Waals surface area contributed by atoms with Crippen molar-refractivity contribution in [3.8, 4) is 35.2 Å². The molecule has 8 heteroatoms. The summed E-state index contributed by atoms with van der Waals surface area (Å²) >= 11 is 0. The highest BCUT2D eigenvalue weighted by molar-refractivity contribution is 7.56. The van der Waals surface area contributed by atoms with E-state index in [1.54, 1.807) is 12.1 Å². The van der Waals surface area contributed by atoms with E-state index < -0.39 is 11.6 Å². The van der Waals surface area contributed by atoms with Gasteiger partial charge in [0.25, 0.3) is 0 Å². The number of ether oxygens (including phenoxy) is 1. The number of fused-ring (bicyclic) bond motifs is 2. The van der Waals surface area contributed by atoms with Crippen molar-refractivity contribution in [3.05, 3.63) is 53.6 Å². The molecule has 5 nitrogen and oxygen atoms in total. The number of hydrogen-bond donors (Lipinski definition) is 1. The minimum absolute atomic E-state index is 0.0117. The third-order valence-electron chi connectivity index (χ3n) is 6.93. The van der Waals surface area contributed by atoms with Crippen molar-refractivity contribution < 1.29 is 18.6 Å². The highest BCUT2D eigenvalue weighted by atomic mass is 31.1. The molecule has 1 saturated heterocycles. The number of phenols is 1. The van der Waals surface area contributed by atoms with Crippen LogP contribution in [-0.4, -0.2) is 54.3 Å².